The highest BCUT2D eigenvalue weighted by Crippen LogP contribution is 2.26. The molecule has 0 aliphatic heterocycles. The molecule has 10 heteroatoms. The fourth-order valence-electron chi connectivity index (χ4n) is 4.62. The molecule has 0 aromatic heterocycles. The van der Waals surface area contributed by atoms with E-state index in [4.69, 9.17) is 4.74 Å². The summed E-state index contributed by atoms with van der Waals surface area (Å²) in [6.45, 7) is 1.24. The number of hydrogen-bond donors (Lipinski definition) is 1. The van der Waals surface area contributed by atoms with Gasteiger partial charge in [-0.25, -0.2) is 12.8 Å². The van der Waals surface area contributed by atoms with Gasteiger partial charge in [0.1, 0.15) is 24.2 Å². The lowest BCUT2D eigenvalue weighted by Gasteiger charge is -2.33. The van der Waals surface area contributed by atoms with Gasteiger partial charge in [0.2, 0.25) is 11.8 Å². The molecule has 224 valence electrons. The maximum atomic E-state index is 14.2. The lowest BCUT2D eigenvalue weighted by molar-refractivity contribution is -0.139. The Bertz CT molecular complexity index is 1630. The van der Waals surface area contributed by atoms with Crippen molar-refractivity contribution in [3.63, 3.8) is 0 Å². The van der Waals surface area contributed by atoms with Gasteiger partial charge in [-0.2, -0.15) is 0 Å². The van der Waals surface area contributed by atoms with Crippen molar-refractivity contribution in [1.29, 1.82) is 0 Å². The molecule has 0 saturated heterocycles. The number of amides is 2. The average molecular weight is 604 g/mol. The van der Waals surface area contributed by atoms with Crippen LogP contribution < -0.4 is 14.4 Å². The van der Waals surface area contributed by atoms with Crippen LogP contribution in [0.15, 0.2) is 108 Å². The zero-order valence-corrected chi connectivity index (χ0v) is 25.1. The third kappa shape index (κ3) is 7.78. The highest BCUT2D eigenvalue weighted by Gasteiger charge is 2.34. The van der Waals surface area contributed by atoms with Crippen LogP contribution in [-0.4, -0.2) is 51.9 Å². The van der Waals surface area contributed by atoms with Crippen LogP contribution in [0.3, 0.4) is 0 Å². The van der Waals surface area contributed by atoms with E-state index in [0.29, 0.717) is 11.3 Å². The first kappa shape index (κ1) is 31.2. The number of benzene rings is 4. The summed E-state index contributed by atoms with van der Waals surface area (Å²) in [5, 5.41) is 2.64. The number of nitrogens with one attached hydrogen (secondary N) is 1. The molecule has 0 bridgehead atoms. The summed E-state index contributed by atoms with van der Waals surface area (Å²) < 4.78 is 48.0. The predicted molar refractivity (Wildman–Crippen MR) is 164 cm³/mol. The lowest BCUT2D eigenvalue weighted by Crippen LogP contribution is -2.53. The fourth-order valence-corrected chi connectivity index (χ4v) is 6.04. The Morgan fingerprint density at radius 3 is 2.07 bits per heavy atom. The number of methoxy groups -OCH3 is 1. The van der Waals surface area contributed by atoms with E-state index in [0.717, 1.165) is 15.4 Å². The van der Waals surface area contributed by atoms with Gasteiger partial charge in [-0.05, 0) is 66.6 Å². The van der Waals surface area contributed by atoms with Crippen LogP contribution in [0.2, 0.25) is 0 Å². The number of hydrogen-bond acceptors (Lipinski definition) is 5. The van der Waals surface area contributed by atoms with Crippen LogP contribution in [0.4, 0.5) is 10.1 Å². The lowest BCUT2D eigenvalue weighted by atomic mass is 10.0. The van der Waals surface area contributed by atoms with Crippen LogP contribution in [0.25, 0.3) is 0 Å². The van der Waals surface area contributed by atoms with Crippen LogP contribution in [0.1, 0.15) is 16.7 Å². The number of carbonyl (C=O) groups excluding carboxylic acids is 2. The van der Waals surface area contributed by atoms with Crippen LogP contribution in [-0.2, 0) is 32.6 Å². The van der Waals surface area contributed by atoms with Gasteiger partial charge in [0.05, 0.1) is 17.7 Å². The predicted octanol–water partition coefficient (Wildman–Crippen LogP) is 4.72. The Hall–Kier alpha value is -4.70. The first-order valence-electron chi connectivity index (χ1n) is 13.6. The van der Waals surface area contributed by atoms with Gasteiger partial charge in [-0.3, -0.25) is 13.9 Å². The number of nitrogens with zero attached hydrogens (tertiary/aromatic N) is 2. The molecule has 0 radical (unpaired) electrons. The largest absolute Gasteiger partial charge is 0.497 e. The molecule has 8 nitrogen and oxygen atoms in total. The Kier molecular flexibility index (Phi) is 10.2. The zero-order valence-electron chi connectivity index (χ0n) is 24.2. The third-order valence-electron chi connectivity index (χ3n) is 7.03. The molecule has 43 heavy (non-hydrogen) atoms. The summed E-state index contributed by atoms with van der Waals surface area (Å²) >= 11 is 0. The van der Waals surface area contributed by atoms with Gasteiger partial charge in [-0.1, -0.05) is 60.2 Å². The van der Waals surface area contributed by atoms with Gasteiger partial charge < -0.3 is 15.0 Å². The van der Waals surface area contributed by atoms with Crippen LogP contribution in [0, 0.1) is 12.7 Å². The molecule has 0 aliphatic carbocycles. The Balaban J connectivity index is 1.77. The maximum absolute atomic E-state index is 14.2. The summed E-state index contributed by atoms with van der Waals surface area (Å²) in [6, 6.07) is 26.5. The van der Waals surface area contributed by atoms with E-state index in [-0.39, 0.29) is 23.5 Å². The molecular weight excluding hydrogens is 569 g/mol. The zero-order chi connectivity index (χ0) is 31.0. The van der Waals surface area contributed by atoms with Gasteiger partial charge >= 0.3 is 0 Å². The number of ether oxygens (including phenoxy) is 1. The summed E-state index contributed by atoms with van der Waals surface area (Å²) in [7, 11) is -1.27. The van der Waals surface area contributed by atoms with Gasteiger partial charge in [0.25, 0.3) is 10.0 Å². The molecule has 1 N–H and O–H groups in total. The molecule has 1 unspecified atom stereocenters. The number of aryl methyl sites for hydroxylation is 1. The molecule has 0 aliphatic rings. The topological polar surface area (TPSA) is 96.0 Å². The van der Waals surface area contributed by atoms with E-state index in [9.17, 15) is 22.4 Å². The normalized spacial score (nSPS) is 11.8. The fraction of sp³-hybridized carbons (Fsp3) is 0.212. The molecule has 0 fully saturated rings. The Morgan fingerprint density at radius 1 is 0.860 bits per heavy atom. The molecule has 4 aromatic carbocycles. The smallest absolute Gasteiger partial charge is 0.264 e. The van der Waals surface area contributed by atoms with Crippen molar-refractivity contribution >= 4 is 27.5 Å². The minimum atomic E-state index is -4.23. The SMILES string of the molecule is CNC(=O)C(Cc1ccccc1)N(Cc1ccc(F)cc1)C(=O)CN(c1ccc(C)cc1)S(=O)(=O)c1ccc(OC)cc1. The summed E-state index contributed by atoms with van der Waals surface area (Å²) in [6.07, 6.45) is 0.184. The van der Waals surface area contributed by atoms with Crippen molar-refractivity contribution in [2.75, 3.05) is 25.0 Å². The summed E-state index contributed by atoms with van der Waals surface area (Å²) in [5.41, 5.74) is 2.60. The van der Waals surface area contributed by atoms with Gasteiger partial charge in [0, 0.05) is 20.0 Å². The minimum absolute atomic E-state index is 0.0288. The van der Waals surface area contributed by atoms with Crippen molar-refractivity contribution in [3.05, 3.63) is 126 Å². The molecule has 4 aromatic rings. The number of rotatable bonds is 12. The molecule has 0 heterocycles. The van der Waals surface area contributed by atoms with Crippen molar-refractivity contribution in [1.82, 2.24) is 10.2 Å². The summed E-state index contributed by atoms with van der Waals surface area (Å²) in [5.74, 6) is -0.979. The van der Waals surface area contributed by atoms with Crippen molar-refractivity contribution in [2.24, 2.45) is 0 Å². The second kappa shape index (κ2) is 14.0. The van der Waals surface area contributed by atoms with E-state index in [1.54, 1.807) is 24.3 Å². The Morgan fingerprint density at radius 2 is 1.49 bits per heavy atom. The average Bonchev–Trinajstić information content (AvgIpc) is 3.03. The first-order valence-corrected chi connectivity index (χ1v) is 15.1. The van der Waals surface area contributed by atoms with Gasteiger partial charge in [-0.15, -0.1) is 0 Å². The molecule has 1 atom stereocenters. The third-order valence-corrected chi connectivity index (χ3v) is 8.82. The van der Waals surface area contributed by atoms with Crippen LogP contribution in [0.5, 0.6) is 5.75 Å². The molecule has 0 saturated carbocycles. The van der Waals surface area contributed by atoms with Crippen molar-refractivity contribution in [3.8, 4) is 5.75 Å². The molecule has 4 rings (SSSR count). The second-order valence-electron chi connectivity index (χ2n) is 9.99. The number of halogens is 1. The van der Waals surface area contributed by atoms with E-state index >= 15 is 0 Å². The maximum Gasteiger partial charge on any atom is 0.264 e. The van der Waals surface area contributed by atoms with E-state index in [1.165, 1.54) is 67.6 Å². The standard InChI is InChI=1S/C33H34FN3O5S/c1-24-9-15-28(16-10-24)37(43(40,41)30-19-17-29(42-3)18-20-30)23-32(38)36(22-26-11-13-27(34)14-12-26)31(33(39)35-2)21-25-7-5-4-6-8-25/h4-20,31H,21-23H2,1-3H3,(H,35,39). The molecular formula is C33H34FN3O5S. The quantitative estimate of drug-likeness (QED) is 0.253. The van der Waals surface area contributed by atoms with Crippen LogP contribution >= 0.6 is 0 Å². The Labute approximate surface area is 251 Å². The summed E-state index contributed by atoms with van der Waals surface area (Å²) in [4.78, 5) is 28.8. The highest BCUT2D eigenvalue weighted by atomic mass is 32.2. The number of carbonyl (C=O) groups is 2. The highest BCUT2D eigenvalue weighted by molar-refractivity contribution is 7.92. The van der Waals surface area contributed by atoms with E-state index in [1.807, 2.05) is 37.3 Å². The van der Waals surface area contributed by atoms with Crippen molar-refractivity contribution < 1.29 is 27.1 Å². The number of anilines is 1. The minimum Gasteiger partial charge on any atom is -0.497 e. The molecule has 2 amide bonds. The van der Waals surface area contributed by atoms with E-state index < -0.39 is 40.2 Å². The number of likely N-dealkylation sites (N-methyl/N-ethyl adjacent to an activating group) is 1. The first-order chi connectivity index (χ1) is 20.6. The van der Waals surface area contributed by atoms with Crippen molar-refractivity contribution in [2.45, 2.75) is 30.8 Å². The number of sulfonamides is 1. The second-order valence-corrected chi connectivity index (χ2v) is 11.9. The monoisotopic (exact) mass is 603 g/mol. The van der Waals surface area contributed by atoms with E-state index in [2.05, 4.69) is 5.32 Å². The molecule has 0 spiro atoms. The van der Waals surface area contributed by atoms with Gasteiger partial charge in [0.15, 0.2) is 0 Å².